The van der Waals surface area contributed by atoms with E-state index in [0.717, 1.165) is 0 Å². The van der Waals surface area contributed by atoms with E-state index in [1.54, 1.807) is 6.92 Å². The molecule has 0 amide bonds. The van der Waals surface area contributed by atoms with Gasteiger partial charge < -0.3 is 15.6 Å². The molecule has 0 unspecified atom stereocenters. The molecule has 0 fully saturated rings. The number of nitrogens with two attached hydrogens (primary N) is 1. The minimum absolute atomic E-state index is 0.00821. The molecule has 18 heavy (non-hydrogen) atoms. The first-order valence-corrected chi connectivity index (χ1v) is 5.81. The molecule has 4 nitrogen and oxygen atoms in total. The van der Waals surface area contributed by atoms with Crippen molar-refractivity contribution in [2.24, 2.45) is 17.6 Å². The summed E-state index contributed by atoms with van der Waals surface area (Å²) in [6.45, 7) is 1.88. The molecule has 0 bridgehead atoms. The lowest BCUT2D eigenvalue weighted by Crippen LogP contribution is -2.22. The van der Waals surface area contributed by atoms with Crippen LogP contribution >= 0.6 is 0 Å². The molecule has 0 aliphatic carbocycles. The molecule has 0 spiro atoms. The molecule has 0 aromatic rings. The number of ether oxygens (including phenoxy) is 1. The van der Waals surface area contributed by atoms with Gasteiger partial charge in [-0.25, -0.2) is 0 Å². The fraction of sp³-hybridized carbons (Fsp3) is 0.909. The maximum Gasteiger partial charge on any atom is 0.391 e. The molecule has 7 heteroatoms. The quantitative estimate of drug-likeness (QED) is 0.629. The highest BCUT2D eigenvalue weighted by molar-refractivity contribution is 5.67. The summed E-state index contributed by atoms with van der Waals surface area (Å²) in [5.41, 5.74) is 5.43. The summed E-state index contributed by atoms with van der Waals surface area (Å²) in [5.74, 6) is -1.09. The highest BCUT2D eigenvalue weighted by atomic mass is 19.4. The van der Waals surface area contributed by atoms with Crippen molar-refractivity contribution in [2.75, 3.05) is 19.8 Å². The highest BCUT2D eigenvalue weighted by Crippen LogP contribution is 2.20. The number of carboxylic acid groups (broad SMARTS) is 1. The van der Waals surface area contributed by atoms with Crippen molar-refractivity contribution in [3.8, 4) is 0 Å². The average molecular weight is 271 g/mol. The first-order valence-electron chi connectivity index (χ1n) is 5.81. The van der Waals surface area contributed by atoms with Crippen LogP contribution in [0.2, 0.25) is 0 Å². The summed E-state index contributed by atoms with van der Waals surface area (Å²) in [6.07, 6.45) is -4.65. The number of halogens is 3. The van der Waals surface area contributed by atoms with Gasteiger partial charge in [0.15, 0.2) is 0 Å². The number of hydrogen-bond acceptors (Lipinski definition) is 3. The topological polar surface area (TPSA) is 72.5 Å². The Balaban J connectivity index is 3.75. The van der Waals surface area contributed by atoms with Crippen LogP contribution < -0.4 is 5.73 Å². The lowest BCUT2D eigenvalue weighted by atomic mass is 9.94. The van der Waals surface area contributed by atoms with Gasteiger partial charge in [-0.15, -0.1) is 0 Å². The van der Waals surface area contributed by atoms with Crippen molar-refractivity contribution >= 4 is 5.97 Å². The maximum atomic E-state index is 11.8. The van der Waals surface area contributed by atoms with Crippen LogP contribution in [0, 0.1) is 11.8 Å². The van der Waals surface area contributed by atoms with E-state index in [-0.39, 0.29) is 38.0 Å². The lowest BCUT2D eigenvalue weighted by Gasteiger charge is -2.18. The van der Waals surface area contributed by atoms with Crippen molar-refractivity contribution < 1.29 is 27.8 Å². The zero-order valence-corrected chi connectivity index (χ0v) is 10.4. The number of hydrogen-bond donors (Lipinski definition) is 2. The normalized spacial score (nSPS) is 15.4. The Labute approximate surface area is 104 Å². The van der Waals surface area contributed by atoms with Crippen LogP contribution in [0.3, 0.4) is 0 Å². The van der Waals surface area contributed by atoms with Gasteiger partial charge in [-0.1, -0.05) is 6.92 Å². The largest absolute Gasteiger partial charge is 0.481 e. The molecule has 0 aromatic carbocycles. The first kappa shape index (κ1) is 17.2. The molecule has 0 rings (SSSR count). The smallest absolute Gasteiger partial charge is 0.391 e. The Morgan fingerprint density at radius 1 is 1.44 bits per heavy atom. The Bertz CT molecular complexity index is 246. The minimum atomic E-state index is -4.20. The van der Waals surface area contributed by atoms with Crippen molar-refractivity contribution in [1.29, 1.82) is 0 Å². The van der Waals surface area contributed by atoms with Gasteiger partial charge in [-0.3, -0.25) is 4.79 Å². The van der Waals surface area contributed by atoms with Crippen molar-refractivity contribution in [1.82, 2.24) is 0 Å². The predicted molar refractivity (Wildman–Crippen MR) is 60.1 cm³/mol. The van der Waals surface area contributed by atoms with Gasteiger partial charge in [-0.05, 0) is 24.8 Å². The lowest BCUT2D eigenvalue weighted by molar-refractivity contribution is -0.146. The first-order chi connectivity index (χ1) is 8.24. The summed E-state index contributed by atoms with van der Waals surface area (Å²) >= 11 is 0. The van der Waals surface area contributed by atoms with E-state index >= 15 is 0 Å². The van der Waals surface area contributed by atoms with Gasteiger partial charge in [0.2, 0.25) is 0 Å². The van der Waals surface area contributed by atoms with Gasteiger partial charge in [0, 0.05) is 13.0 Å². The minimum Gasteiger partial charge on any atom is -0.481 e. The number of carboxylic acids is 1. The molecule has 3 N–H and O–H groups in total. The maximum absolute atomic E-state index is 11.8. The highest BCUT2D eigenvalue weighted by Gasteiger charge is 2.26. The van der Waals surface area contributed by atoms with E-state index < -0.39 is 18.6 Å². The van der Waals surface area contributed by atoms with Gasteiger partial charge >= 0.3 is 12.1 Å². The van der Waals surface area contributed by atoms with Gasteiger partial charge in [0.25, 0.3) is 0 Å². The van der Waals surface area contributed by atoms with Gasteiger partial charge in [-0.2, -0.15) is 13.2 Å². The molecule has 0 radical (unpaired) electrons. The van der Waals surface area contributed by atoms with Crippen molar-refractivity contribution in [2.45, 2.75) is 32.4 Å². The summed E-state index contributed by atoms with van der Waals surface area (Å²) < 4.78 is 40.4. The Morgan fingerprint density at radius 2 is 2.06 bits per heavy atom. The van der Waals surface area contributed by atoms with Crippen molar-refractivity contribution in [3.63, 3.8) is 0 Å². The van der Waals surface area contributed by atoms with E-state index in [1.165, 1.54) is 0 Å². The summed E-state index contributed by atoms with van der Waals surface area (Å²) in [5, 5.41) is 8.62. The molecule has 0 aliphatic heterocycles. The Kier molecular flexibility index (Phi) is 7.93. The van der Waals surface area contributed by atoms with Crippen LogP contribution in [0.25, 0.3) is 0 Å². The molecular weight excluding hydrogens is 251 g/mol. The molecule has 0 aromatic heterocycles. The van der Waals surface area contributed by atoms with Crippen LogP contribution in [-0.4, -0.2) is 37.0 Å². The third-order valence-electron chi connectivity index (χ3n) is 2.46. The third-order valence-corrected chi connectivity index (χ3v) is 2.46. The fourth-order valence-corrected chi connectivity index (χ4v) is 1.62. The molecular formula is C11H20F3NO3. The summed E-state index contributed by atoms with van der Waals surface area (Å²) in [7, 11) is 0. The SMILES string of the molecule is C[C@H](COCCC(F)(F)F)C[C@H](CN)CC(=O)O. The van der Waals surface area contributed by atoms with E-state index in [2.05, 4.69) is 0 Å². The molecule has 2 atom stereocenters. The number of alkyl halides is 3. The Morgan fingerprint density at radius 3 is 2.50 bits per heavy atom. The summed E-state index contributed by atoms with van der Waals surface area (Å²) in [6, 6.07) is 0. The standard InChI is InChI=1S/C11H20F3NO3/c1-8(4-9(6-15)5-10(16)17)7-18-3-2-11(12,13)14/h8-9H,2-7,15H2,1H3,(H,16,17)/t8-,9-/m0/s1. The zero-order chi connectivity index (χ0) is 14.2. The zero-order valence-electron chi connectivity index (χ0n) is 10.4. The fourth-order valence-electron chi connectivity index (χ4n) is 1.62. The van der Waals surface area contributed by atoms with E-state index in [0.29, 0.717) is 6.42 Å². The van der Waals surface area contributed by atoms with Crippen LogP contribution in [-0.2, 0) is 9.53 Å². The second-order valence-corrected chi connectivity index (χ2v) is 4.48. The number of carbonyl (C=O) groups is 1. The molecule has 0 saturated heterocycles. The third kappa shape index (κ3) is 10.3. The predicted octanol–water partition coefficient (Wildman–Crippen LogP) is 2.03. The molecule has 0 aliphatic rings. The van der Waals surface area contributed by atoms with Gasteiger partial charge in [0.05, 0.1) is 13.0 Å². The van der Waals surface area contributed by atoms with Crippen LogP contribution in [0.1, 0.15) is 26.2 Å². The van der Waals surface area contributed by atoms with E-state index in [1.807, 2.05) is 0 Å². The monoisotopic (exact) mass is 271 g/mol. The molecule has 108 valence electrons. The molecule has 0 saturated carbocycles. The second-order valence-electron chi connectivity index (χ2n) is 4.48. The number of rotatable bonds is 9. The average Bonchev–Trinajstić information content (AvgIpc) is 2.21. The number of aliphatic carboxylic acids is 1. The van der Waals surface area contributed by atoms with Crippen LogP contribution in [0.4, 0.5) is 13.2 Å². The Hall–Kier alpha value is -0.820. The van der Waals surface area contributed by atoms with Gasteiger partial charge in [0.1, 0.15) is 0 Å². The van der Waals surface area contributed by atoms with Crippen LogP contribution in [0.5, 0.6) is 0 Å². The van der Waals surface area contributed by atoms with Crippen LogP contribution in [0.15, 0.2) is 0 Å². The van der Waals surface area contributed by atoms with E-state index in [4.69, 9.17) is 15.6 Å². The van der Waals surface area contributed by atoms with Crippen molar-refractivity contribution in [3.05, 3.63) is 0 Å². The molecule has 0 heterocycles. The summed E-state index contributed by atoms with van der Waals surface area (Å²) in [4.78, 5) is 10.5. The second kappa shape index (κ2) is 8.31. The van der Waals surface area contributed by atoms with E-state index in [9.17, 15) is 18.0 Å².